The molecule has 6 heteroatoms. The lowest BCUT2D eigenvalue weighted by Gasteiger charge is -2.17. The lowest BCUT2D eigenvalue weighted by atomic mass is 10.2. The lowest BCUT2D eigenvalue weighted by Crippen LogP contribution is -2.28. The zero-order valence-electron chi connectivity index (χ0n) is 18.3. The molecule has 3 aromatic carbocycles. The zero-order chi connectivity index (χ0) is 22.3. The molecule has 1 N–H and O–H groups in total. The van der Waals surface area contributed by atoms with Crippen LogP contribution >= 0.6 is 0 Å². The molecular weight excluding hydrogens is 402 g/mol. The van der Waals surface area contributed by atoms with Crippen LogP contribution in [0.2, 0.25) is 0 Å². The minimum atomic E-state index is -0.245. The van der Waals surface area contributed by atoms with Gasteiger partial charge in [-0.05, 0) is 49.7 Å². The van der Waals surface area contributed by atoms with E-state index in [1.807, 2.05) is 67.6 Å². The number of methoxy groups -OCH3 is 1. The number of carbonyl (C=O) groups is 1. The van der Waals surface area contributed by atoms with Crippen LogP contribution < -0.4 is 14.8 Å². The minimum absolute atomic E-state index is 0.115. The number of fused-ring (bicyclic) bond motifs is 1. The third kappa shape index (κ3) is 4.75. The summed E-state index contributed by atoms with van der Waals surface area (Å²) in [5, 5.41) is 3.08. The number of nitrogens with one attached hydrogen (secondary N) is 1. The highest BCUT2D eigenvalue weighted by Gasteiger charge is 2.19. The maximum Gasteiger partial charge on any atom is 0.251 e. The molecule has 0 fully saturated rings. The first-order valence-corrected chi connectivity index (χ1v) is 10.7. The first kappa shape index (κ1) is 21.4. The van der Waals surface area contributed by atoms with Gasteiger partial charge in [0.05, 0.1) is 30.8 Å². The monoisotopic (exact) mass is 429 g/mol. The highest BCUT2D eigenvalue weighted by Crippen LogP contribution is 2.26. The molecule has 0 bridgehead atoms. The molecule has 1 aromatic heterocycles. The molecule has 4 aromatic rings. The summed E-state index contributed by atoms with van der Waals surface area (Å²) in [7, 11) is 1.64. The maximum atomic E-state index is 12.7. The minimum Gasteiger partial charge on any atom is -0.493 e. The molecule has 0 radical (unpaired) electrons. The number of hydrogen-bond acceptors (Lipinski definition) is 4. The van der Waals surface area contributed by atoms with Gasteiger partial charge in [-0.15, -0.1) is 0 Å². The molecule has 0 saturated heterocycles. The molecule has 164 valence electrons. The summed E-state index contributed by atoms with van der Waals surface area (Å²) in [6.07, 6.45) is 0.782. The van der Waals surface area contributed by atoms with E-state index >= 15 is 0 Å². The fourth-order valence-corrected chi connectivity index (χ4v) is 3.74. The topological polar surface area (TPSA) is 65.4 Å². The molecular formula is C26H27N3O3. The van der Waals surface area contributed by atoms with Gasteiger partial charge in [0.25, 0.3) is 5.91 Å². The van der Waals surface area contributed by atoms with Gasteiger partial charge in [0.15, 0.2) is 11.5 Å². The van der Waals surface area contributed by atoms with Gasteiger partial charge in [-0.25, -0.2) is 4.98 Å². The Morgan fingerprint density at radius 3 is 2.44 bits per heavy atom. The van der Waals surface area contributed by atoms with Crippen molar-refractivity contribution in [2.24, 2.45) is 0 Å². The van der Waals surface area contributed by atoms with E-state index in [2.05, 4.69) is 16.0 Å². The number of aryl methyl sites for hydroxylation is 1. The second-order valence-electron chi connectivity index (χ2n) is 7.52. The van der Waals surface area contributed by atoms with Crippen molar-refractivity contribution < 1.29 is 14.3 Å². The third-order valence-electron chi connectivity index (χ3n) is 5.31. The third-order valence-corrected chi connectivity index (χ3v) is 5.31. The number of imidazole rings is 1. The molecule has 4 rings (SSSR count). The van der Waals surface area contributed by atoms with E-state index in [4.69, 9.17) is 14.5 Å². The molecule has 0 spiro atoms. The molecule has 1 unspecified atom stereocenters. The quantitative estimate of drug-likeness (QED) is 0.380. The summed E-state index contributed by atoms with van der Waals surface area (Å²) in [5.41, 5.74) is 2.58. The Kier molecular flexibility index (Phi) is 6.70. The summed E-state index contributed by atoms with van der Waals surface area (Å²) >= 11 is 0. The van der Waals surface area contributed by atoms with Gasteiger partial charge in [-0.3, -0.25) is 4.79 Å². The lowest BCUT2D eigenvalue weighted by molar-refractivity contribution is 0.0937. The highest BCUT2D eigenvalue weighted by atomic mass is 16.5. The van der Waals surface area contributed by atoms with E-state index in [9.17, 15) is 4.79 Å². The normalized spacial score (nSPS) is 11.8. The molecule has 0 aliphatic heterocycles. The van der Waals surface area contributed by atoms with Gasteiger partial charge >= 0.3 is 0 Å². The highest BCUT2D eigenvalue weighted by molar-refractivity contribution is 5.94. The van der Waals surface area contributed by atoms with E-state index in [1.165, 1.54) is 0 Å². The number of carbonyl (C=O) groups excluding carboxylic acids is 1. The van der Waals surface area contributed by atoms with Crippen LogP contribution in [0.15, 0.2) is 78.9 Å². The molecule has 1 heterocycles. The molecule has 6 nitrogen and oxygen atoms in total. The number of benzene rings is 3. The van der Waals surface area contributed by atoms with Crippen molar-refractivity contribution in [3.8, 4) is 11.5 Å². The fraction of sp³-hybridized carbons (Fsp3) is 0.231. The first-order chi connectivity index (χ1) is 15.7. The van der Waals surface area contributed by atoms with Crippen molar-refractivity contribution in [3.63, 3.8) is 0 Å². The van der Waals surface area contributed by atoms with Crippen molar-refractivity contribution in [3.05, 3.63) is 90.3 Å². The molecule has 1 amide bonds. The standard InChI is InChI=1S/C26H27N3O3/c1-19(27-26(30)20-11-4-3-5-12-20)25-28-21-13-6-7-14-22(21)29(25)17-10-18-32-24-16-9-8-15-23(24)31-2/h3-9,11-16,19H,10,17-18H2,1-2H3,(H,27,30). The van der Waals surface area contributed by atoms with Crippen LogP contribution in [0.25, 0.3) is 11.0 Å². The number of amides is 1. The number of hydrogen-bond donors (Lipinski definition) is 1. The van der Waals surface area contributed by atoms with Gasteiger partial charge in [-0.2, -0.15) is 0 Å². The van der Waals surface area contributed by atoms with Gasteiger partial charge in [-0.1, -0.05) is 42.5 Å². The Morgan fingerprint density at radius 2 is 1.66 bits per heavy atom. The molecule has 0 aliphatic rings. The van der Waals surface area contributed by atoms with Gasteiger partial charge in [0.1, 0.15) is 5.82 Å². The molecule has 1 atom stereocenters. The van der Waals surface area contributed by atoms with Crippen LogP contribution in [-0.4, -0.2) is 29.2 Å². The molecule has 32 heavy (non-hydrogen) atoms. The number of aromatic nitrogens is 2. The maximum absolute atomic E-state index is 12.7. The largest absolute Gasteiger partial charge is 0.493 e. The average Bonchev–Trinajstić information content (AvgIpc) is 3.21. The predicted octanol–water partition coefficient (Wildman–Crippen LogP) is 5.01. The van der Waals surface area contributed by atoms with Crippen molar-refractivity contribution in [2.75, 3.05) is 13.7 Å². The van der Waals surface area contributed by atoms with E-state index in [-0.39, 0.29) is 11.9 Å². The number of para-hydroxylation sites is 4. The van der Waals surface area contributed by atoms with Crippen molar-refractivity contribution in [2.45, 2.75) is 25.9 Å². The molecule has 0 aliphatic carbocycles. The second-order valence-corrected chi connectivity index (χ2v) is 7.52. The predicted molar refractivity (Wildman–Crippen MR) is 125 cm³/mol. The smallest absolute Gasteiger partial charge is 0.251 e. The Hall–Kier alpha value is -3.80. The van der Waals surface area contributed by atoms with Gasteiger partial charge in [0, 0.05) is 12.1 Å². The van der Waals surface area contributed by atoms with Gasteiger partial charge < -0.3 is 19.4 Å². The van der Waals surface area contributed by atoms with Crippen molar-refractivity contribution >= 4 is 16.9 Å². The Balaban J connectivity index is 1.48. The van der Waals surface area contributed by atoms with E-state index in [0.717, 1.165) is 41.3 Å². The Morgan fingerprint density at radius 1 is 0.969 bits per heavy atom. The average molecular weight is 430 g/mol. The molecule has 0 saturated carbocycles. The summed E-state index contributed by atoms with van der Waals surface area (Å²) in [4.78, 5) is 17.5. The van der Waals surface area contributed by atoms with Crippen LogP contribution in [-0.2, 0) is 6.54 Å². The summed E-state index contributed by atoms with van der Waals surface area (Å²) in [6.45, 7) is 3.22. The van der Waals surface area contributed by atoms with E-state index < -0.39 is 0 Å². The summed E-state index contributed by atoms with van der Waals surface area (Å²) in [5.74, 6) is 2.16. The second kappa shape index (κ2) is 10.0. The van der Waals surface area contributed by atoms with Gasteiger partial charge in [0.2, 0.25) is 0 Å². The SMILES string of the molecule is COc1ccccc1OCCCn1c(C(C)NC(=O)c2ccccc2)nc2ccccc21. The van der Waals surface area contributed by atoms with Crippen LogP contribution in [0, 0.1) is 0 Å². The Bertz CT molecular complexity index is 1190. The van der Waals surface area contributed by atoms with E-state index in [0.29, 0.717) is 12.2 Å². The number of nitrogens with zero attached hydrogens (tertiary/aromatic N) is 2. The van der Waals surface area contributed by atoms with E-state index in [1.54, 1.807) is 19.2 Å². The zero-order valence-corrected chi connectivity index (χ0v) is 18.3. The van der Waals surface area contributed by atoms with Crippen LogP contribution in [0.1, 0.15) is 35.6 Å². The summed E-state index contributed by atoms with van der Waals surface area (Å²) < 4.78 is 13.4. The number of rotatable bonds is 9. The van der Waals surface area contributed by atoms with Crippen molar-refractivity contribution in [1.29, 1.82) is 0 Å². The number of ether oxygens (including phenoxy) is 2. The van der Waals surface area contributed by atoms with Crippen LogP contribution in [0.3, 0.4) is 0 Å². The summed E-state index contributed by atoms with van der Waals surface area (Å²) in [6, 6.07) is 24.6. The fourth-order valence-electron chi connectivity index (χ4n) is 3.74. The van der Waals surface area contributed by atoms with Crippen molar-refractivity contribution in [1.82, 2.24) is 14.9 Å². The first-order valence-electron chi connectivity index (χ1n) is 10.7. The Labute approximate surface area is 187 Å². The van der Waals surface area contributed by atoms with Crippen LogP contribution in [0.5, 0.6) is 11.5 Å². The van der Waals surface area contributed by atoms with Crippen LogP contribution in [0.4, 0.5) is 0 Å².